The number of anilines is 1. The summed E-state index contributed by atoms with van der Waals surface area (Å²) in [7, 11) is 0. The predicted octanol–water partition coefficient (Wildman–Crippen LogP) is 2.24. The maximum atomic E-state index is 11.6. The van der Waals surface area contributed by atoms with Crippen molar-refractivity contribution in [2.75, 3.05) is 5.43 Å². The molecular weight excluding hydrogens is 188 g/mol. The Kier molecular flexibility index (Phi) is 2.39. The zero-order valence-electron chi connectivity index (χ0n) is 9.13. The molecule has 80 valence electrons. The number of amides is 1. The SMILES string of the molecule is Cc1ccccc1NNC(=O)C1(C)CC1. The smallest absolute Gasteiger partial charge is 0.244 e. The highest BCUT2D eigenvalue weighted by Gasteiger charge is 2.44. The van der Waals surface area contributed by atoms with Crippen molar-refractivity contribution in [2.24, 2.45) is 5.41 Å². The van der Waals surface area contributed by atoms with Crippen LogP contribution in [-0.2, 0) is 4.79 Å². The van der Waals surface area contributed by atoms with Gasteiger partial charge in [0, 0.05) is 5.41 Å². The van der Waals surface area contributed by atoms with Gasteiger partial charge in [-0.05, 0) is 31.4 Å². The summed E-state index contributed by atoms with van der Waals surface area (Å²) in [5.74, 6) is 0.0887. The lowest BCUT2D eigenvalue weighted by Gasteiger charge is -2.13. The third-order valence-electron chi connectivity index (χ3n) is 3.00. The van der Waals surface area contributed by atoms with Gasteiger partial charge in [0.05, 0.1) is 5.69 Å². The maximum Gasteiger partial charge on any atom is 0.244 e. The molecule has 1 aliphatic carbocycles. The monoisotopic (exact) mass is 204 g/mol. The molecule has 0 radical (unpaired) electrons. The highest BCUT2D eigenvalue weighted by molar-refractivity contribution is 5.85. The van der Waals surface area contributed by atoms with Gasteiger partial charge in [-0.1, -0.05) is 25.1 Å². The Morgan fingerprint density at radius 3 is 2.60 bits per heavy atom. The van der Waals surface area contributed by atoms with Gasteiger partial charge < -0.3 is 0 Å². The van der Waals surface area contributed by atoms with Crippen molar-refractivity contribution >= 4 is 11.6 Å². The summed E-state index contributed by atoms with van der Waals surface area (Å²) in [4.78, 5) is 11.6. The zero-order chi connectivity index (χ0) is 10.9. The van der Waals surface area contributed by atoms with Crippen LogP contribution in [-0.4, -0.2) is 5.91 Å². The molecule has 0 unspecified atom stereocenters. The third kappa shape index (κ3) is 2.12. The maximum absolute atomic E-state index is 11.6. The fourth-order valence-corrected chi connectivity index (χ4v) is 1.40. The summed E-state index contributed by atoms with van der Waals surface area (Å²) >= 11 is 0. The van der Waals surface area contributed by atoms with E-state index in [1.165, 1.54) is 0 Å². The fraction of sp³-hybridized carbons (Fsp3) is 0.417. The van der Waals surface area contributed by atoms with Crippen LogP contribution in [0.15, 0.2) is 24.3 Å². The van der Waals surface area contributed by atoms with E-state index in [9.17, 15) is 4.79 Å². The number of hydrazine groups is 1. The lowest BCUT2D eigenvalue weighted by molar-refractivity contribution is -0.125. The first-order valence-electron chi connectivity index (χ1n) is 5.24. The Hall–Kier alpha value is -1.51. The molecule has 0 aromatic heterocycles. The molecule has 0 aliphatic heterocycles. The van der Waals surface area contributed by atoms with Crippen LogP contribution in [0.5, 0.6) is 0 Å². The third-order valence-corrected chi connectivity index (χ3v) is 3.00. The molecule has 1 aromatic carbocycles. The molecule has 1 aliphatic rings. The largest absolute Gasteiger partial charge is 0.298 e. The van der Waals surface area contributed by atoms with Gasteiger partial charge in [0.25, 0.3) is 0 Å². The summed E-state index contributed by atoms with van der Waals surface area (Å²) in [6, 6.07) is 7.88. The van der Waals surface area contributed by atoms with E-state index in [1.54, 1.807) is 0 Å². The second-order valence-electron chi connectivity index (χ2n) is 4.45. The lowest BCUT2D eigenvalue weighted by Crippen LogP contribution is -2.35. The number of aryl methyl sites for hydroxylation is 1. The Morgan fingerprint density at radius 2 is 2.00 bits per heavy atom. The highest BCUT2D eigenvalue weighted by Crippen LogP contribution is 2.44. The Labute approximate surface area is 89.8 Å². The van der Waals surface area contributed by atoms with Crippen LogP contribution in [0.2, 0.25) is 0 Å². The van der Waals surface area contributed by atoms with Crippen molar-refractivity contribution < 1.29 is 4.79 Å². The summed E-state index contributed by atoms with van der Waals surface area (Å²) in [5.41, 5.74) is 7.66. The van der Waals surface area contributed by atoms with E-state index in [1.807, 2.05) is 38.1 Å². The van der Waals surface area contributed by atoms with Crippen molar-refractivity contribution in [3.05, 3.63) is 29.8 Å². The number of carbonyl (C=O) groups is 1. The Balaban J connectivity index is 1.93. The minimum Gasteiger partial charge on any atom is -0.298 e. The molecule has 15 heavy (non-hydrogen) atoms. The summed E-state index contributed by atoms with van der Waals surface area (Å²) in [6.07, 6.45) is 1.99. The average Bonchev–Trinajstić information content (AvgIpc) is 2.96. The van der Waals surface area contributed by atoms with Gasteiger partial charge in [0.15, 0.2) is 0 Å². The Bertz CT molecular complexity index is 383. The molecule has 0 saturated heterocycles. The predicted molar refractivity (Wildman–Crippen MR) is 60.3 cm³/mol. The van der Waals surface area contributed by atoms with Crippen LogP contribution in [0.3, 0.4) is 0 Å². The van der Waals surface area contributed by atoms with E-state index in [4.69, 9.17) is 0 Å². The summed E-state index contributed by atoms with van der Waals surface area (Å²) in [6.45, 7) is 4.00. The van der Waals surface area contributed by atoms with Crippen LogP contribution >= 0.6 is 0 Å². The van der Waals surface area contributed by atoms with E-state index >= 15 is 0 Å². The minimum absolute atomic E-state index is 0.0887. The topological polar surface area (TPSA) is 41.1 Å². The van der Waals surface area contributed by atoms with Gasteiger partial charge in [-0.25, -0.2) is 0 Å². The quantitative estimate of drug-likeness (QED) is 0.741. The standard InChI is InChI=1S/C12H16N2O/c1-9-5-3-4-6-10(9)13-14-11(15)12(2)7-8-12/h3-6,13H,7-8H2,1-2H3,(H,14,15). The van der Waals surface area contributed by atoms with Gasteiger partial charge in [-0.2, -0.15) is 0 Å². The van der Waals surface area contributed by atoms with Crippen molar-refractivity contribution in [3.8, 4) is 0 Å². The molecule has 0 bridgehead atoms. The highest BCUT2D eigenvalue weighted by atomic mass is 16.2. The fourth-order valence-electron chi connectivity index (χ4n) is 1.40. The number of carbonyl (C=O) groups excluding carboxylic acids is 1. The van der Waals surface area contributed by atoms with Crippen LogP contribution in [0, 0.1) is 12.3 Å². The van der Waals surface area contributed by atoms with Crippen LogP contribution in [0.25, 0.3) is 0 Å². The van der Waals surface area contributed by atoms with E-state index in [0.29, 0.717) is 0 Å². The van der Waals surface area contributed by atoms with Crippen LogP contribution in [0.4, 0.5) is 5.69 Å². The van der Waals surface area contributed by atoms with E-state index < -0.39 is 0 Å². The molecule has 1 aromatic rings. The molecule has 1 saturated carbocycles. The Morgan fingerprint density at radius 1 is 1.33 bits per heavy atom. The zero-order valence-corrected chi connectivity index (χ0v) is 9.13. The van der Waals surface area contributed by atoms with Gasteiger partial charge >= 0.3 is 0 Å². The number of nitrogens with one attached hydrogen (secondary N) is 2. The van der Waals surface area contributed by atoms with Crippen molar-refractivity contribution in [1.82, 2.24) is 5.43 Å². The van der Waals surface area contributed by atoms with Gasteiger partial charge in [-0.3, -0.25) is 15.6 Å². The summed E-state index contributed by atoms with van der Waals surface area (Å²) < 4.78 is 0. The van der Waals surface area contributed by atoms with Crippen molar-refractivity contribution in [2.45, 2.75) is 26.7 Å². The van der Waals surface area contributed by atoms with Gasteiger partial charge in [-0.15, -0.1) is 0 Å². The van der Waals surface area contributed by atoms with Crippen molar-refractivity contribution in [3.63, 3.8) is 0 Å². The minimum atomic E-state index is -0.129. The molecule has 0 heterocycles. The second-order valence-corrected chi connectivity index (χ2v) is 4.45. The van der Waals surface area contributed by atoms with E-state index in [2.05, 4.69) is 10.9 Å². The normalized spacial score (nSPS) is 16.9. The van der Waals surface area contributed by atoms with E-state index in [0.717, 1.165) is 24.1 Å². The first-order chi connectivity index (χ1) is 7.12. The van der Waals surface area contributed by atoms with Crippen LogP contribution in [0.1, 0.15) is 25.3 Å². The number of para-hydroxylation sites is 1. The molecule has 0 atom stereocenters. The van der Waals surface area contributed by atoms with Crippen molar-refractivity contribution in [1.29, 1.82) is 0 Å². The molecule has 3 nitrogen and oxygen atoms in total. The van der Waals surface area contributed by atoms with E-state index in [-0.39, 0.29) is 11.3 Å². The molecule has 1 amide bonds. The number of rotatable bonds is 3. The number of benzene rings is 1. The first-order valence-corrected chi connectivity index (χ1v) is 5.24. The number of hydrogen-bond donors (Lipinski definition) is 2. The average molecular weight is 204 g/mol. The molecule has 0 spiro atoms. The second kappa shape index (κ2) is 3.57. The molecular formula is C12H16N2O. The molecule has 3 heteroatoms. The van der Waals surface area contributed by atoms with Gasteiger partial charge in [0.1, 0.15) is 0 Å². The first kappa shape index (κ1) is 10.0. The summed E-state index contributed by atoms with van der Waals surface area (Å²) in [5, 5.41) is 0. The molecule has 2 rings (SSSR count). The number of hydrogen-bond acceptors (Lipinski definition) is 2. The molecule has 2 N–H and O–H groups in total. The van der Waals surface area contributed by atoms with Crippen LogP contribution < -0.4 is 10.9 Å². The van der Waals surface area contributed by atoms with Gasteiger partial charge in [0.2, 0.25) is 5.91 Å². The lowest BCUT2D eigenvalue weighted by atomic mass is 10.1. The molecule has 1 fully saturated rings.